The van der Waals surface area contributed by atoms with Gasteiger partial charge in [0, 0.05) is 23.6 Å². The summed E-state index contributed by atoms with van der Waals surface area (Å²) in [7, 11) is 0. The predicted molar refractivity (Wildman–Crippen MR) is 72.8 cm³/mol. The first-order valence-electron chi connectivity index (χ1n) is 6.51. The van der Waals surface area contributed by atoms with Gasteiger partial charge in [0.05, 0.1) is 6.42 Å². The van der Waals surface area contributed by atoms with E-state index in [9.17, 15) is 4.79 Å². The SMILES string of the molecule is CCCCCn1cc(CC(=O)O)c2ccccc21. The molecule has 2 aromatic rings. The minimum atomic E-state index is -0.772. The number of benzene rings is 1. The molecule has 0 fully saturated rings. The summed E-state index contributed by atoms with van der Waals surface area (Å²) in [4.78, 5) is 10.9. The Morgan fingerprint density at radius 2 is 2.06 bits per heavy atom. The fourth-order valence-electron chi connectivity index (χ4n) is 2.34. The highest BCUT2D eigenvalue weighted by Crippen LogP contribution is 2.22. The van der Waals surface area contributed by atoms with Gasteiger partial charge in [0.2, 0.25) is 0 Å². The third-order valence-electron chi connectivity index (χ3n) is 3.22. The van der Waals surface area contributed by atoms with Crippen molar-refractivity contribution in [2.75, 3.05) is 0 Å². The maximum absolute atomic E-state index is 10.9. The van der Waals surface area contributed by atoms with Crippen LogP contribution in [0.4, 0.5) is 0 Å². The molecule has 18 heavy (non-hydrogen) atoms. The molecule has 0 saturated heterocycles. The van der Waals surface area contributed by atoms with E-state index >= 15 is 0 Å². The van der Waals surface area contributed by atoms with E-state index in [2.05, 4.69) is 17.6 Å². The molecule has 0 aliphatic rings. The highest BCUT2D eigenvalue weighted by atomic mass is 16.4. The minimum absolute atomic E-state index is 0.0985. The highest BCUT2D eigenvalue weighted by Gasteiger charge is 2.10. The molecule has 0 aliphatic carbocycles. The van der Waals surface area contributed by atoms with Crippen LogP contribution in [-0.2, 0) is 17.8 Å². The van der Waals surface area contributed by atoms with Gasteiger partial charge in [0.1, 0.15) is 0 Å². The largest absolute Gasteiger partial charge is 0.481 e. The molecule has 2 rings (SSSR count). The van der Waals surface area contributed by atoms with E-state index < -0.39 is 5.97 Å². The van der Waals surface area contributed by atoms with Gasteiger partial charge in [0.15, 0.2) is 0 Å². The molecule has 0 bridgehead atoms. The number of fused-ring (bicyclic) bond motifs is 1. The van der Waals surface area contributed by atoms with Crippen LogP contribution in [-0.4, -0.2) is 15.6 Å². The quantitative estimate of drug-likeness (QED) is 0.792. The van der Waals surface area contributed by atoms with Crippen LogP contribution in [0.5, 0.6) is 0 Å². The predicted octanol–water partition coefficient (Wildman–Crippen LogP) is 3.46. The normalized spacial score (nSPS) is 10.9. The first-order valence-corrected chi connectivity index (χ1v) is 6.51. The van der Waals surface area contributed by atoms with Gasteiger partial charge >= 0.3 is 5.97 Å². The Labute approximate surface area is 107 Å². The molecule has 3 heteroatoms. The number of unbranched alkanes of at least 4 members (excludes halogenated alkanes) is 2. The number of hydrogen-bond donors (Lipinski definition) is 1. The van der Waals surface area contributed by atoms with Gasteiger partial charge in [-0.3, -0.25) is 4.79 Å². The summed E-state index contributed by atoms with van der Waals surface area (Å²) in [6, 6.07) is 8.03. The van der Waals surface area contributed by atoms with E-state index in [0.717, 1.165) is 29.4 Å². The number of aromatic nitrogens is 1. The van der Waals surface area contributed by atoms with E-state index in [-0.39, 0.29) is 6.42 Å². The fraction of sp³-hybridized carbons (Fsp3) is 0.400. The third kappa shape index (κ3) is 2.73. The Hall–Kier alpha value is -1.77. The molecule has 3 nitrogen and oxygen atoms in total. The molecule has 1 aromatic carbocycles. The lowest BCUT2D eigenvalue weighted by Crippen LogP contribution is -1.99. The van der Waals surface area contributed by atoms with E-state index in [1.807, 2.05) is 24.4 Å². The Bertz CT molecular complexity index is 542. The number of hydrogen-bond acceptors (Lipinski definition) is 1. The fourth-order valence-corrected chi connectivity index (χ4v) is 2.34. The van der Waals surface area contributed by atoms with E-state index in [1.54, 1.807) is 0 Å². The van der Waals surface area contributed by atoms with Crippen molar-refractivity contribution < 1.29 is 9.90 Å². The number of carbonyl (C=O) groups is 1. The summed E-state index contributed by atoms with van der Waals surface area (Å²) >= 11 is 0. The average Bonchev–Trinajstić information content (AvgIpc) is 2.68. The third-order valence-corrected chi connectivity index (χ3v) is 3.22. The number of rotatable bonds is 6. The van der Waals surface area contributed by atoms with Crippen LogP contribution >= 0.6 is 0 Å². The second-order valence-electron chi connectivity index (χ2n) is 4.64. The molecule has 0 aliphatic heterocycles. The van der Waals surface area contributed by atoms with Crippen LogP contribution in [0.25, 0.3) is 10.9 Å². The second kappa shape index (κ2) is 5.71. The molecule has 0 atom stereocenters. The number of aryl methyl sites for hydroxylation is 1. The standard InChI is InChI=1S/C15H19NO2/c1-2-3-6-9-16-11-12(10-15(17)18)13-7-4-5-8-14(13)16/h4-5,7-8,11H,2-3,6,9-10H2,1H3,(H,17,18). The monoisotopic (exact) mass is 245 g/mol. The molecule has 0 unspecified atom stereocenters. The molecule has 0 radical (unpaired) electrons. The van der Waals surface area contributed by atoms with E-state index in [4.69, 9.17) is 5.11 Å². The Balaban J connectivity index is 2.31. The molecule has 0 amide bonds. The smallest absolute Gasteiger partial charge is 0.307 e. The molecule has 1 aromatic heterocycles. The van der Waals surface area contributed by atoms with Crippen molar-refractivity contribution in [3.05, 3.63) is 36.0 Å². The zero-order valence-corrected chi connectivity index (χ0v) is 10.7. The number of carboxylic acid groups (broad SMARTS) is 1. The van der Waals surface area contributed by atoms with Crippen molar-refractivity contribution in [2.24, 2.45) is 0 Å². The summed E-state index contributed by atoms with van der Waals surface area (Å²) in [5.41, 5.74) is 2.06. The van der Waals surface area contributed by atoms with Crippen molar-refractivity contribution in [3.8, 4) is 0 Å². The second-order valence-corrected chi connectivity index (χ2v) is 4.64. The van der Waals surface area contributed by atoms with Crippen molar-refractivity contribution >= 4 is 16.9 Å². The Morgan fingerprint density at radius 3 is 2.78 bits per heavy atom. The first kappa shape index (κ1) is 12.7. The molecular weight excluding hydrogens is 226 g/mol. The van der Waals surface area contributed by atoms with Gasteiger partial charge in [-0.05, 0) is 18.1 Å². The number of carboxylic acids is 1. The number of para-hydroxylation sites is 1. The summed E-state index contributed by atoms with van der Waals surface area (Å²) in [5.74, 6) is -0.772. The van der Waals surface area contributed by atoms with Crippen molar-refractivity contribution in [2.45, 2.75) is 39.2 Å². The number of nitrogens with zero attached hydrogens (tertiary/aromatic N) is 1. The topological polar surface area (TPSA) is 42.2 Å². The number of aliphatic carboxylic acids is 1. The lowest BCUT2D eigenvalue weighted by atomic mass is 10.1. The van der Waals surface area contributed by atoms with Crippen molar-refractivity contribution in [1.82, 2.24) is 4.57 Å². The molecule has 96 valence electrons. The van der Waals surface area contributed by atoms with Crippen LogP contribution in [0.1, 0.15) is 31.7 Å². The first-order chi connectivity index (χ1) is 8.72. The molecule has 0 saturated carbocycles. The maximum atomic E-state index is 10.9. The molecular formula is C15H19NO2. The lowest BCUT2D eigenvalue weighted by Gasteiger charge is -2.03. The van der Waals surface area contributed by atoms with Gasteiger partial charge < -0.3 is 9.67 Å². The van der Waals surface area contributed by atoms with E-state index in [1.165, 1.54) is 12.8 Å². The van der Waals surface area contributed by atoms with Crippen molar-refractivity contribution in [3.63, 3.8) is 0 Å². The summed E-state index contributed by atoms with van der Waals surface area (Å²) in [6.07, 6.45) is 5.64. The highest BCUT2D eigenvalue weighted by molar-refractivity contribution is 5.87. The molecule has 1 N–H and O–H groups in total. The van der Waals surface area contributed by atoms with Gasteiger partial charge in [-0.1, -0.05) is 38.0 Å². The van der Waals surface area contributed by atoms with Gasteiger partial charge in [-0.2, -0.15) is 0 Å². The van der Waals surface area contributed by atoms with E-state index in [0.29, 0.717) is 0 Å². The van der Waals surface area contributed by atoms with Crippen LogP contribution in [0.15, 0.2) is 30.5 Å². The minimum Gasteiger partial charge on any atom is -0.481 e. The van der Waals surface area contributed by atoms with Gasteiger partial charge in [-0.25, -0.2) is 0 Å². The lowest BCUT2D eigenvalue weighted by molar-refractivity contribution is -0.136. The summed E-state index contributed by atoms with van der Waals surface area (Å²) in [5, 5.41) is 10.0. The average molecular weight is 245 g/mol. The Kier molecular flexibility index (Phi) is 4.03. The molecule has 1 heterocycles. The Morgan fingerprint density at radius 1 is 1.28 bits per heavy atom. The van der Waals surface area contributed by atoms with Gasteiger partial charge in [-0.15, -0.1) is 0 Å². The zero-order valence-electron chi connectivity index (χ0n) is 10.7. The van der Waals surface area contributed by atoms with Crippen LogP contribution in [0.2, 0.25) is 0 Å². The van der Waals surface area contributed by atoms with Crippen LogP contribution in [0, 0.1) is 0 Å². The summed E-state index contributed by atoms with van der Waals surface area (Å²) in [6.45, 7) is 3.15. The van der Waals surface area contributed by atoms with Crippen LogP contribution in [0.3, 0.4) is 0 Å². The summed E-state index contributed by atoms with van der Waals surface area (Å²) < 4.78 is 2.18. The molecule has 0 spiro atoms. The zero-order chi connectivity index (χ0) is 13.0. The maximum Gasteiger partial charge on any atom is 0.307 e. The van der Waals surface area contributed by atoms with Gasteiger partial charge in [0.25, 0.3) is 0 Å². The van der Waals surface area contributed by atoms with Crippen LogP contribution < -0.4 is 0 Å². The van der Waals surface area contributed by atoms with Crippen molar-refractivity contribution in [1.29, 1.82) is 0 Å².